The average Bonchev–Trinajstić information content (AvgIpc) is 3.01. The van der Waals surface area contributed by atoms with Crippen molar-refractivity contribution in [1.82, 2.24) is 0 Å². The third-order valence-electron chi connectivity index (χ3n) is 5.67. The Balaban J connectivity index is 1.71. The maximum atomic E-state index is 11.1. The number of hydrogen-bond acceptors (Lipinski definition) is 5. The van der Waals surface area contributed by atoms with E-state index in [-0.39, 0.29) is 5.92 Å². The zero-order valence-corrected chi connectivity index (χ0v) is 14.7. The van der Waals surface area contributed by atoms with Crippen LogP contribution in [0.2, 0.25) is 0 Å². The largest absolute Gasteiger partial charge is 0.496 e. The second kappa shape index (κ2) is 6.64. The molecule has 0 amide bonds. The van der Waals surface area contributed by atoms with Gasteiger partial charge < -0.3 is 24.4 Å². The van der Waals surface area contributed by atoms with Crippen LogP contribution in [0.4, 0.5) is 0 Å². The Labute approximate surface area is 143 Å². The van der Waals surface area contributed by atoms with Crippen LogP contribution >= 0.6 is 0 Å². The van der Waals surface area contributed by atoms with E-state index >= 15 is 0 Å². The summed E-state index contributed by atoms with van der Waals surface area (Å²) in [5.41, 5.74) is 1.06. The summed E-state index contributed by atoms with van der Waals surface area (Å²) in [5.74, 6) is 0.0691. The van der Waals surface area contributed by atoms with Crippen molar-refractivity contribution in [3.8, 4) is 5.75 Å². The maximum absolute atomic E-state index is 11.1. The standard InChI is InChI=1S/C19H28O5/c1-13-4-5-15(11-16(13)22-3)10-14(2)19(21)7-6-18(12-17(19)20)23-8-9-24-18/h4-5,11,14,17,20-21H,6-10,12H2,1-3H3/t14?,17-,19-/m1/s1. The lowest BCUT2D eigenvalue weighted by molar-refractivity contribution is -0.246. The molecule has 2 aliphatic rings. The molecule has 1 aliphatic carbocycles. The van der Waals surface area contributed by atoms with E-state index in [1.807, 2.05) is 26.0 Å². The highest BCUT2D eigenvalue weighted by molar-refractivity contribution is 5.36. The van der Waals surface area contributed by atoms with Gasteiger partial charge in [0.25, 0.3) is 0 Å². The highest BCUT2D eigenvalue weighted by Crippen LogP contribution is 2.44. The van der Waals surface area contributed by atoms with Crippen molar-refractivity contribution >= 4 is 0 Å². The SMILES string of the molecule is COc1cc(CC(C)[C@]2(O)CCC3(C[C@H]2O)OCCO3)ccc1C. The molecule has 1 aliphatic heterocycles. The number of rotatable bonds is 4. The van der Waals surface area contributed by atoms with Gasteiger partial charge in [-0.05, 0) is 42.9 Å². The van der Waals surface area contributed by atoms with Crippen molar-refractivity contribution < 1.29 is 24.4 Å². The van der Waals surface area contributed by atoms with Gasteiger partial charge in [0.15, 0.2) is 5.79 Å². The zero-order chi connectivity index (χ0) is 17.4. The monoisotopic (exact) mass is 336 g/mol. The number of ether oxygens (including phenoxy) is 3. The van der Waals surface area contributed by atoms with Crippen molar-refractivity contribution in [3.05, 3.63) is 29.3 Å². The van der Waals surface area contributed by atoms with Gasteiger partial charge >= 0.3 is 0 Å². The molecule has 1 unspecified atom stereocenters. The fourth-order valence-electron chi connectivity index (χ4n) is 3.99. The number of hydrogen-bond donors (Lipinski definition) is 2. The molecule has 0 bridgehead atoms. The summed E-state index contributed by atoms with van der Waals surface area (Å²) in [6, 6.07) is 6.09. The van der Waals surface area contributed by atoms with Gasteiger partial charge in [0.1, 0.15) is 5.75 Å². The van der Waals surface area contributed by atoms with E-state index in [1.165, 1.54) is 0 Å². The first-order chi connectivity index (χ1) is 11.4. The number of aryl methyl sites for hydroxylation is 1. The Kier molecular flexibility index (Phi) is 4.89. The van der Waals surface area contributed by atoms with Gasteiger partial charge in [-0.15, -0.1) is 0 Å². The van der Waals surface area contributed by atoms with Gasteiger partial charge in [0, 0.05) is 12.8 Å². The fourth-order valence-corrected chi connectivity index (χ4v) is 3.99. The molecular formula is C19H28O5. The minimum Gasteiger partial charge on any atom is -0.496 e. The molecule has 1 aromatic carbocycles. The van der Waals surface area contributed by atoms with Gasteiger partial charge in [-0.2, -0.15) is 0 Å². The van der Waals surface area contributed by atoms with E-state index in [0.717, 1.165) is 16.9 Å². The van der Waals surface area contributed by atoms with Crippen LogP contribution in [0.25, 0.3) is 0 Å². The number of benzene rings is 1. The summed E-state index contributed by atoms with van der Waals surface area (Å²) in [5, 5.41) is 21.7. The first-order valence-electron chi connectivity index (χ1n) is 8.70. The molecule has 1 aromatic rings. The Morgan fingerprint density at radius 3 is 2.62 bits per heavy atom. The Bertz CT molecular complexity index is 581. The minimum absolute atomic E-state index is 0.0846. The van der Waals surface area contributed by atoms with Crippen LogP contribution < -0.4 is 4.74 Å². The van der Waals surface area contributed by atoms with Crippen LogP contribution in [-0.4, -0.2) is 48.0 Å². The van der Waals surface area contributed by atoms with Gasteiger partial charge in [0.05, 0.1) is 32.0 Å². The lowest BCUT2D eigenvalue weighted by Crippen LogP contribution is -2.57. The summed E-state index contributed by atoms with van der Waals surface area (Å²) in [4.78, 5) is 0. The van der Waals surface area contributed by atoms with Gasteiger partial charge in [0.2, 0.25) is 0 Å². The lowest BCUT2D eigenvalue weighted by atomic mass is 9.70. The lowest BCUT2D eigenvalue weighted by Gasteiger charge is -2.47. The molecule has 3 rings (SSSR count). The molecule has 5 heteroatoms. The van der Waals surface area contributed by atoms with E-state index in [2.05, 4.69) is 6.07 Å². The van der Waals surface area contributed by atoms with Crippen molar-refractivity contribution in [2.24, 2.45) is 5.92 Å². The maximum Gasteiger partial charge on any atom is 0.171 e. The van der Waals surface area contributed by atoms with Gasteiger partial charge in [-0.25, -0.2) is 0 Å². The summed E-state index contributed by atoms with van der Waals surface area (Å²) in [6.07, 6.45) is 1.23. The van der Waals surface area contributed by atoms with Crippen LogP contribution in [0.1, 0.15) is 37.3 Å². The van der Waals surface area contributed by atoms with E-state index in [0.29, 0.717) is 38.9 Å². The van der Waals surface area contributed by atoms with E-state index in [4.69, 9.17) is 14.2 Å². The quantitative estimate of drug-likeness (QED) is 0.882. The van der Waals surface area contributed by atoms with Gasteiger partial charge in [-0.3, -0.25) is 0 Å². The van der Waals surface area contributed by atoms with Crippen molar-refractivity contribution in [2.45, 2.75) is 57.0 Å². The molecule has 2 N–H and O–H groups in total. The van der Waals surface area contributed by atoms with Crippen LogP contribution in [-0.2, 0) is 15.9 Å². The van der Waals surface area contributed by atoms with Crippen LogP contribution in [0, 0.1) is 12.8 Å². The molecule has 3 atom stereocenters. The summed E-state index contributed by atoms with van der Waals surface area (Å²) in [6.45, 7) is 5.11. The highest BCUT2D eigenvalue weighted by Gasteiger charge is 2.53. The van der Waals surface area contributed by atoms with E-state index < -0.39 is 17.5 Å². The first kappa shape index (κ1) is 17.7. The zero-order valence-electron chi connectivity index (χ0n) is 14.7. The fraction of sp³-hybridized carbons (Fsp3) is 0.684. The molecule has 134 valence electrons. The second-order valence-corrected chi connectivity index (χ2v) is 7.23. The summed E-state index contributed by atoms with van der Waals surface area (Å²) < 4.78 is 16.7. The molecule has 5 nitrogen and oxygen atoms in total. The smallest absolute Gasteiger partial charge is 0.171 e. The Hall–Kier alpha value is -1.14. The van der Waals surface area contributed by atoms with Crippen LogP contribution in [0.5, 0.6) is 5.75 Å². The molecular weight excluding hydrogens is 308 g/mol. The molecule has 2 fully saturated rings. The number of aliphatic hydroxyl groups is 2. The molecule has 1 saturated carbocycles. The Morgan fingerprint density at radius 1 is 1.29 bits per heavy atom. The molecule has 1 saturated heterocycles. The molecule has 0 aromatic heterocycles. The third-order valence-corrected chi connectivity index (χ3v) is 5.67. The minimum atomic E-state index is -1.13. The molecule has 24 heavy (non-hydrogen) atoms. The van der Waals surface area contributed by atoms with Crippen LogP contribution in [0.15, 0.2) is 18.2 Å². The summed E-state index contributed by atoms with van der Waals surface area (Å²) >= 11 is 0. The number of methoxy groups -OCH3 is 1. The predicted molar refractivity (Wildman–Crippen MR) is 90.0 cm³/mol. The van der Waals surface area contributed by atoms with E-state index in [9.17, 15) is 10.2 Å². The number of aliphatic hydroxyl groups excluding tert-OH is 1. The Morgan fingerprint density at radius 2 is 2.00 bits per heavy atom. The average molecular weight is 336 g/mol. The van der Waals surface area contributed by atoms with Crippen LogP contribution in [0.3, 0.4) is 0 Å². The van der Waals surface area contributed by atoms with Crippen molar-refractivity contribution in [1.29, 1.82) is 0 Å². The van der Waals surface area contributed by atoms with Crippen molar-refractivity contribution in [2.75, 3.05) is 20.3 Å². The van der Waals surface area contributed by atoms with Gasteiger partial charge in [-0.1, -0.05) is 19.1 Å². The topological polar surface area (TPSA) is 68.2 Å². The summed E-state index contributed by atoms with van der Waals surface area (Å²) in [7, 11) is 1.66. The third kappa shape index (κ3) is 3.18. The molecule has 1 heterocycles. The predicted octanol–water partition coefficient (Wildman–Crippen LogP) is 2.20. The second-order valence-electron chi connectivity index (χ2n) is 7.23. The van der Waals surface area contributed by atoms with E-state index in [1.54, 1.807) is 7.11 Å². The first-order valence-corrected chi connectivity index (χ1v) is 8.70. The normalized spacial score (nSPS) is 30.5. The molecule has 0 radical (unpaired) electrons. The molecule has 1 spiro atoms. The highest BCUT2D eigenvalue weighted by atomic mass is 16.7. The van der Waals surface area contributed by atoms with Crippen molar-refractivity contribution in [3.63, 3.8) is 0 Å².